The molecule has 98 valence electrons. The Labute approximate surface area is 117 Å². The van der Waals surface area contributed by atoms with Gasteiger partial charge in [0.05, 0.1) is 6.61 Å². The second-order valence-corrected chi connectivity index (χ2v) is 6.50. The normalized spacial score (nSPS) is 16.9. The number of hydrogen-bond acceptors (Lipinski definition) is 4. The molecule has 2 heterocycles. The van der Waals surface area contributed by atoms with E-state index in [1.165, 1.54) is 35.9 Å². The van der Waals surface area contributed by atoms with E-state index >= 15 is 0 Å². The molecule has 0 radical (unpaired) electrons. The van der Waals surface area contributed by atoms with E-state index in [0.29, 0.717) is 6.42 Å². The molecule has 1 aromatic heterocycles. The van der Waals surface area contributed by atoms with Crippen molar-refractivity contribution in [1.82, 2.24) is 4.90 Å². The van der Waals surface area contributed by atoms with Gasteiger partial charge in [-0.3, -0.25) is 4.90 Å². The maximum absolute atomic E-state index is 8.75. The second kappa shape index (κ2) is 7.85. The molecular weight excluding hydrogens is 262 g/mol. The second-order valence-electron chi connectivity index (χ2n) is 4.27. The van der Waals surface area contributed by atoms with Gasteiger partial charge in [-0.1, -0.05) is 11.8 Å². The van der Waals surface area contributed by atoms with Crippen molar-refractivity contribution >= 4 is 23.1 Å². The van der Waals surface area contributed by atoms with Gasteiger partial charge in [0.1, 0.15) is 0 Å². The molecular formula is C14H19NOS2. The lowest BCUT2D eigenvalue weighted by Gasteiger charge is -2.18. The Morgan fingerprint density at radius 2 is 2.28 bits per heavy atom. The Hall–Kier alpha value is -0.470. The van der Waals surface area contributed by atoms with Gasteiger partial charge in [0.15, 0.2) is 0 Å². The number of rotatable bonds is 3. The molecule has 1 aliphatic rings. The van der Waals surface area contributed by atoms with E-state index in [9.17, 15) is 0 Å². The van der Waals surface area contributed by atoms with Crippen LogP contribution in [0.4, 0.5) is 0 Å². The summed E-state index contributed by atoms with van der Waals surface area (Å²) in [7, 11) is 0. The van der Waals surface area contributed by atoms with Crippen molar-refractivity contribution in [2.45, 2.75) is 19.4 Å². The van der Waals surface area contributed by atoms with E-state index in [1.807, 2.05) is 0 Å². The molecule has 0 atom stereocenters. The molecule has 4 heteroatoms. The summed E-state index contributed by atoms with van der Waals surface area (Å²) in [6.07, 6.45) is 1.86. The van der Waals surface area contributed by atoms with Gasteiger partial charge < -0.3 is 5.11 Å². The largest absolute Gasteiger partial charge is 0.395 e. The molecule has 1 aromatic rings. The Kier molecular flexibility index (Phi) is 6.09. The highest BCUT2D eigenvalue weighted by Gasteiger charge is 2.12. The molecule has 0 unspecified atom stereocenters. The lowest BCUT2D eigenvalue weighted by atomic mass is 10.2. The van der Waals surface area contributed by atoms with Gasteiger partial charge in [0, 0.05) is 35.7 Å². The van der Waals surface area contributed by atoms with Crippen molar-refractivity contribution in [3.63, 3.8) is 0 Å². The van der Waals surface area contributed by atoms with Crippen molar-refractivity contribution in [3.8, 4) is 11.8 Å². The third-order valence-corrected chi connectivity index (χ3v) is 4.84. The number of thiophene rings is 1. The van der Waals surface area contributed by atoms with Gasteiger partial charge in [-0.25, -0.2) is 0 Å². The SMILES string of the molecule is OCCC#Cc1ccsc1CN1CCCSCC1. The minimum absolute atomic E-state index is 0.149. The van der Waals surface area contributed by atoms with Gasteiger partial charge in [0.25, 0.3) is 0 Å². The fraction of sp³-hybridized carbons (Fsp3) is 0.571. The van der Waals surface area contributed by atoms with Crippen molar-refractivity contribution in [1.29, 1.82) is 0 Å². The molecule has 0 aliphatic carbocycles. The van der Waals surface area contributed by atoms with E-state index in [1.54, 1.807) is 11.3 Å². The number of aliphatic hydroxyl groups excluding tert-OH is 1. The fourth-order valence-corrected chi connectivity index (χ4v) is 3.74. The van der Waals surface area contributed by atoms with Crippen LogP contribution in [-0.2, 0) is 6.54 Å². The van der Waals surface area contributed by atoms with Crippen LogP contribution in [0.2, 0.25) is 0 Å². The maximum atomic E-state index is 8.75. The summed E-state index contributed by atoms with van der Waals surface area (Å²) in [5.41, 5.74) is 1.14. The first kappa shape index (κ1) is 14.0. The van der Waals surface area contributed by atoms with Gasteiger partial charge in [0.2, 0.25) is 0 Å². The van der Waals surface area contributed by atoms with E-state index in [4.69, 9.17) is 5.11 Å². The number of thioether (sulfide) groups is 1. The Morgan fingerprint density at radius 1 is 1.33 bits per heavy atom. The van der Waals surface area contributed by atoms with Crippen LogP contribution in [0.25, 0.3) is 0 Å². The van der Waals surface area contributed by atoms with Crippen LogP contribution in [0.15, 0.2) is 11.4 Å². The predicted octanol–water partition coefficient (Wildman–Crippen LogP) is 2.42. The molecule has 0 aromatic carbocycles. The van der Waals surface area contributed by atoms with Crippen molar-refractivity contribution in [2.75, 3.05) is 31.2 Å². The van der Waals surface area contributed by atoms with Crippen LogP contribution in [0, 0.1) is 11.8 Å². The Balaban J connectivity index is 1.96. The van der Waals surface area contributed by atoms with Crippen LogP contribution in [-0.4, -0.2) is 41.2 Å². The van der Waals surface area contributed by atoms with Crippen molar-refractivity contribution in [3.05, 3.63) is 21.9 Å². The number of aliphatic hydroxyl groups is 1. The molecule has 1 fully saturated rings. The van der Waals surface area contributed by atoms with Crippen LogP contribution in [0.1, 0.15) is 23.3 Å². The summed E-state index contributed by atoms with van der Waals surface area (Å²) in [6, 6.07) is 2.09. The monoisotopic (exact) mass is 281 g/mol. The van der Waals surface area contributed by atoms with E-state index in [2.05, 4.69) is 39.9 Å². The maximum Gasteiger partial charge on any atom is 0.0540 e. The van der Waals surface area contributed by atoms with E-state index in [0.717, 1.165) is 12.1 Å². The molecule has 1 saturated heterocycles. The molecule has 0 spiro atoms. The summed E-state index contributed by atoms with van der Waals surface area (Å²) in [4.78, 5) is 3.90. The Bertz CT molecular complexity index is 411. The first-order valence-corrected chi connectivity index (χ1v) is 8.40. The van der Waals surface area contributed by atoms with Crippen molar-refractivity contribution in [2.24, 2.45) is 0 Å². The lowest BCUT2D eigenvalue weighted by Crippen LogP contribution is -2.25. The average Bonchev–Trinajstić information content (AvgIpc) is 2.65. The molecule has 2 nitrogen and oxygen atoms in total. The summed E-state index contributed by atoms with van der Waals surface area (Å²) in [6.45, 7) is 3.57. The molecule has 18 heavy (non-hydrogen) atoms. The minimum atomic E-state index is 0.149. The third kappa shape index (κ3) is 4.33. The molecule has 1 aliphatic heterocycles. The van der Waals surface area contributed by atoms with Crippen LogP contribution < -0.4 is 0 Å². The first-order valence-electron chi connectivity index (χ1n) is 6.36. The molecule has 0 bridgehead atoms. The van der Waals surface area contributed by atoms with Gasteiger partial charge in [-0.05, 0) is 30.2 Å². The van der Waals surface area contributed by atoms with E-state index in [-0.39, 0.29) is 6.61 Å². The summed E-state index contributed by atoms with van der Waals surface area (Å²) < 4.78 is 0. The number of nitrogens with zero attached hydrogens (tertiary/aromatic N) is 1. The van der Waals surface area contributed by atoms with Crippen LogP contribution >= 0.6 is 23.1 Å². The predicted molar refractivity (Wildman–Crippen MR) is 80.1 cm³/mol. The molecule has 1 N–H and O–H groups in total. The summed E-state index contributed by atoms with van der Waals surface area (Å²) >= 11 is 3.85. The van der Waals surface area contributed by atoms with Crippen LogP contribution in [0.5, 0.6) is 0 Å². The Morgan fingerprint density at radius 3 is 3.17 bits per heavy atom. The highest BCUT2D eigenvalue weighted by atomic mass is 32.2. The van der Waals surface area contributed by atoms with Gasteiger partial charge in [-0.15, -0.1) is 11.3 Å². The standard InChI is InChI=1S/C14H19NOS2/c16-8-2-1-4-13-5-10-18-14(13)12-15-6-3-9-17-11-7-15/h5,10,16H,2-3,6-9,11-12H2. The van der Waals surface area contributed by atoms with Gasteiger partial charge >= 0.3 is 0 Å². The smallest absolute Gasteiger partial charge is 0.0540 e. The highest BCUT2D eigenvalue weighted by molar-refractivity contribution is 7.99. The quantitative estimate of drug-likeness (QED) is 0.861. The zero-order valence-corrected chi connectivity index (χ0v) is 12.2. The summed E-state index contributed by atoms with van der Waals surface area (Å²) in [5.74, 6) is 8.72. The minimum Gasteiger partial charge on any atom is -0.395 e. The average molecular weight is 281 g/mol. The number of hydrogen-bond donors (Lipinski definition) is 1. The molecule has 0 amide bonds. The topological polar surface area (TPSA) is 23.5 Å². The van der Waals surface area contributed by atoms with Gasteiger partial charge in [-0.2, -0.15) is 11.8 Å². The first-order chi connectivity index (χ1) is 8.90. The fourth-order valence-electron chi connectivity index (χ4n) is 1.95. The molecule has 2 rings (SSSR count). The highest BCUT2D eigenvalue weighted by Crippen LogP contribution is 2.20. The van der Waals surface area contributed by atoms with E-state index < -0.39 is 0 Å². The zero-order chi connectivity index (χ0) is 12.6. The third-order valence-electron chi connectivity index (χ3n) is 2.89. The molecule has 0 saturated carbocycles. The van der Waals surface area contributed by atoms with Crippen LogP contribution in [0.3, 0.4) is 0 Å². The zero-order valence-electron chi connectivity index (χ0n) is 10.5. The lowest BCUT2D eigenvalue weighted by molar-refractivity contribution is 0.290. The van der Waals surface area contributed by atoms with Crippen molar-refractivity contribution < 1.29 is 5.11 Å². The summed E-state index contributed by atoms with van der Waals surface area (Å²) in [5, 5.41) is 10.9.